The Morgan fingerprint density at radius 3 is 2.50 bits per heavy atom. The molecule has 0 amide bonds. The number of methoxy groups -OCH3 is 1. The molecule has 0 bridgehead atoms. The predicted octanol–water partition coefficient (Wildman–Crippen LogP) is 4.02. The fourth-order valence-electron chi connectivity index (χ4n) is 3.69. The van der Waals surface area contributed by atoms with E-state index in [1.807, 2.05) is 13.1 Å². The monoisotopic (exact) mass is 502 g/mol. The maximum atomic E-state index is 5.57. The number of nitrogens with zero attached hydrogens (tertiary/aromatic N) is 2. The lowest BCUT2D eigenvalue weighted by Crippen LogP contribution is -2.45. The first-order chi connectivity index (χ1) is 13.1. The molecule has 1 aromatic carbocycles. The molecule has 0 saturated heterocycles. The van der Waals surface area contributed by atoms with E-state index in [1.165, 1.54) is 31.4 Å². The summed E-state index contributed by atoms with van der Waals surface area (Å²) in [5, 5.41) is 7.09. The molecule has 2 rings (SSSR count). The zero-order valence-electron chi connectivity index (χ0n) is 18.3. The Morgan fingerprint density at radius 2 is 1.93 bits per heavy atom. The molecular weight excluding hydrogens is 463 g/mol. The molecule has 2 N–H and O–H groups in total. The average molecular weight is 502 g/mol. The maximum absolute atomic E-state index is 5.57. The summed E-state index contributed by atoms with van der Waals surface area (Å²) in [5.74, 6) is 1.89. The SMILES string of the molecule is CCN(CC)CCCC(C)NC(=NC)NCC1(c2ccccc2OC)CC1.I. The molecule has 1 unspecified atom stereocenters. The summed E-state index contributed by atoms with van der Waals surface area (Å²) in [6.07, 6.45) is 4.74. The molecule has 5 nitrogen and oxygen atoms in total. The highest BCUT2D eigenvalue weighted by atomic mass is 127. The summed E-state index contributed by atoms with van der Waals surface area (Å²) in [5.41, 5.74) is 1.48. The van der Waals surface area contributed by atoms with Crippen molar-refractivity contribution in [1.29, 1.82) is 0 Å². The minimum atomic E-state index is 0. The molecule has 1 saturated carbocycles. The summed E-state index contributed by atoms with van der Waals surface area (Å²) in [6.45, 7) is 11.0. The summed E-state index contributed by atoms with van der Waals surface area (Å²) in [7, 11) is 3.60. The standard InChI is InChI=1S/C22H38N4O.HI/c1-6-26(7-2)16-10-11-18(3)25-21(23-4)24-17-22(14-15-22)19-12-8-9-13-20(19)27-5;/h8-9,12-13,18H,6-7,10-11,14-17H2,1-5H3,(H2,23,24,25);1H. The van der Waals surface area contributed by atoms with Crippen LogP contribution in [0.2, 0.25) is 0 Å². The number of rotatable bonds is 11. The lowest BCUT2D eigenvalue weighted by molar-refractivity contribution is 0.292. The van der Waals surface area contributed by atoms with Gasteiger partial charge in [0, 0.05) is 30.6 Å². The lowest BCUT2D eigenvalue weighted by Gasteiger charge is -2.23. The topological polar surface area (TPSA) is 48.9 Å². The molecule has 0 heterocycles. The largest absolute Gasteiger partial charge is 0.496 e. The molecular formula is C22H39IN4O. The Labute approximate surface area is 188 Å². The van der Waals surface area contributed by atoms with Crippen LogP contribution in [0.15, 0.2) is 29.3 Å². The second-order valence-corrected chi connectivity index (χ2v) is 7.62. The van der Waals surface area contributed by atoms with Gasteiger partial charge in [0.05, 0.1) is 7.11 Å². The van der Waals surface area contributed by atoms with Crippen LogP contribution < -0.4 is 15.4 Å². The number of aliphatic imine (C=N–C) groups is 1. The van der Waals surface area contributed by atoms with Gasteiger partial charge in [0.15, 0.2) is 5.96 Å². The van der Waals surface area contributed by atoms with E-state index in [9.17, 15) is 0 Å². The second-order valence-electron chi connectivity index (χ2n) is 7.62. The van der Waals surface area contributed by atoms with Crippen molar-refractivity contribution < 1.29 is 4.74 Å². The highest BCUT2D eigenvalue weighted by Gasteiger charge is 2.46. The van der Waals surface area contributed by atoms with Gasteiger partial charge in [-0.25, -0.2) is 0 Å². The van der Waals surface area contributed by atoms with Crippen molar-refractivity contribution in [3.8, 4) is 5.75 Å². The van der Waals surface area contributed by atoms with Gasteiger partial charge in [0.25, 0.3) is 0 Å². The predicted molar refractivity (Wildman–Crippen MR) is 130 cm³/mol. The Morgan fingerprint density at radius 1 is 1.25 bits per heavy atom. The van der Waals surface area contributed by atoms with Crippen molar-refractivity contribution in [2.45, 2.75) is 57.9 Å². The maximum Gasteiger partial charge on any atom is 0.191 e. The average Bonchev–Trinajstić information content (AvgIpc) is 3.49. The van der Waals surface area contributed by atoms with E-state index in [1.54, 1.807) is 7.11 Å². The summed E-state index contributed by atoms with van der Waals surface area (Å²) < 4.78 is 5.57. The van der Waals surface area contributed by atoms with Gasteiger partial charge in [-0.3, -0.25) is 4.99 Å². The molecule has 0 aromatic heterocycles. The van der Waals surface area contributed by atoms with Crippen molar-refractivity contribution >= 4 is 29.9 Å². The first-order valence-electron chi connectivity index (χ1n) is 10.4. The zero-order valence-corrected chi connectivity index (χ0v) is 20.6. The molecule has 28 heavy (non-hydrogen) atoms. The van der Waals surface area contributed by atoms with E-state index in [0.717, 1.165) is 37.8 Å². The van der Waals surface area contributed by atoms with Gasteiger partial charge in [-0.1, -0.05) is 32.0 Å². The third kappa shape index (κ3) is 7.10. The van der Waals surface area contributed by atoms with E-state index in [2.05, 4.69) is 59.5 Å². The van der Waals surface area contributed by atoms with Crippen LogP contribution in [0, 0.1) is 0 Å². The van der Waals surface area contributed by atoms with Crippen molar-refractivity contribution in [3.05, 3.63) is 29.8 Å². The van der Waals surface area contributed by atoms with Crippen LogP contribution in [0.1, 0.15) is 52.0 Å². The van der Waals surface area contributed by atoms with E-state index >= 15 is 0 Å². The molecule has 1 fully saturated rings. The van der Waals surface area contributed by atoms with Crippen LogP contribution in [0.3, 0.4) is 0 Å². The van der Waals surface area contributed by atoms with Crippen LogP contribution in [0.5, 0.6) is 5.75 Å². The molecule has 0 spiro atoms. The van der Waals surface area contributed by atoms with Gasteiger partial charge in [0.2, 0.25) is 0 Å². The Hall–Kier alpha value is -1.02. The van der Waals surface area contributed by atoms with Gasteiger partial charge >= 0.3 is 0 Å². The Balaban J connectivity index is 0.00000392. The zero-order chi connectivity index (χ0) is 19.7. The molecule has 1 aromatic rings. The van der Waals surface area contributed by atoms with Gasteiger partial charge in [-0.05, 0) is 58.3 Å². The van der Waals surface area contributed by atoms with Crippen molar-refractivity contribution in [2.24, 2.45) is 4.99 Å². The minimum absolute atomic E-state index is 0. The molecule has 1 aliphatic carbocycles. The smallest absolute Gasteiger partial charge is 0.191 e. The first-order valence-corrected chi connectivity index (χ1v) is 10.4. The fraction of sp³-hybridized carbons (Fsp3) is 0.682. The number of hydrogen-bond acceptors (Lipinski definition) is 3. The second kappa shape index (κ2) is 12.5. The Bertz CT molecular complexity index is 600. The normalized spacial score (nSPS) is 16.3. The molecule has 0 aliphatic heterocycles. The third-order valence-corrected chi connectivity index (χ3v) is 5.74. The van der Waals surface area contributed by atoms with Crippen molar-refractivity contribution in [2.75, 3.05) is 40.3 Å². The van der Waals surface area contributed by atoms with Crippen LogP contribution in [-0.4, -0.2) is 57.2 Å². The number of halogens is 1. The molecule has 0 radical (unpaired) electrons. The highest BCUT2D eigenvalue weighted by Crippen LogP contribution is 2.50. The van der Waals surface area contributed by atoms with Crippen molar-refractivity contribution in [3.63, 3.8) is 0 Å². The first kappa shape index (κ1) is 25.0. The summed E-state index contributed by atoms with van der Waals surface area (Å²) in [4.78, 5) is 6.90. The van der Waals surface area contributed by atoms with Crippen LogP contribution in [0.4, 0.5) is 0 Å². The van der Waals surface area contributed by atoms with Gasteiger partial charge in [0.1, 0.15) is 5.75 Å². The molecule has 6 heteroatoms. The summed E-state index contributed by atoms with van der Waals surface area (Å²) >= 11 is 0. The lowest BCUT2D eigenvalue weighted by atomic mass is 9.95. The van der Waals surface area contributed by atoms with Gasteiger partial charge in [-0.15, -0.1) is 24.0 Å². The van der Waals surface area contributed by atoms with E-state index in [4.69, 9.17) is 4.74 Å². The number of ether oxygens (including phenoxy) is 1. The summed E-state index contributed by atoms with van der Waals surface area (Å²) in [6, 6.07) is 8.79. The fourth-order valence-corrected chi connectivity index (χ4v) is 3.69. The molecule has 1 aliphatic rings. The Kier molecular flexibility index (Phi) is 11.2. The highest BCUT2D eigenvalue weighted by molar-refractivity contribution is 14.0. The van der Waals surface area contributed by atoms with E-state index in [0.29, 0.717) is 6.04 Å². The number of nitrogens with one attached hydrogen (secondary N) is 2. The van der Waals surface area contributed by atoms with Gasteiger partial charge in [-0.2, -0.15) is 0 Å². The molecule has 160 valence electrons. The van der Waals surface area contributed by atoms with Crippen LogP contribution >= 0.6 is 24.0 Å². The number of hydrogen-bond donors (Lipinski definition) is 2. The van der Waals surface area contributed by atoms with Crippen LogP contribution in [0.25, 0.3) is 0 Å². The molecule has 1 atom stereocenters. The number of para-hydroxylation sites is 1. The minimum Gasteiger partial charge on any atom is -0.496 e. The van der Waals surface area contributed by atoms with Gasteiger partial charge < -0.3 is 20.3 Å². The quantitative estimate of drug-likeness (QED) is 0.273. The number of guanidine groups is 1. The van der Waals surface area contributed by atoms with Crippen molar-refractivity contribution in [1.82, 2.24) is 15.5 Å². The van der Waals surface area contributed by atoms with Crippen LogP contribution in [-0.2, 0) is 5.41 Å². The van der Waals surface area contributed by atoms with E-state index < -0.39 is 0 Å². The van der Waals surface area contributed by atoms with E-state index in [-0.39, 0.29) is 29.4 Å². The third-order valence-electron chi connectivity index (χ3n) is 5.74. The number of benzene rings is 1.